The lowest BCUT2D eigenvalue weighted by Crippen LogP contribution is -2.57. The molecule has 0 bridgehead atoms. The molecule has 27 heavy (non-hydrogen) atoms. The van der Waals surface area contributed by atoms with E-state index in [-0.39, 0.29) is 19.6 Å². The van der Waals surface area contributed by atoms with Crippen molar-refractivity contribution in [1.82, 2.24) is 15.3 Å². The summed E-state index contributed by atoms with van der Waals surface area (Å²) in [6, 6.07) is 0.0185. The van der Waals surface area contributed by atoms with Gasteiger partial charge in [-0.1, -0.05) is 25.2 Å². The van der Waals surface area contributed by atoms with Crippen LogP contribution in [-0.2, 0) is 0 Å². The van der Waals surface area contributed by atoms with E-state index in [0.717, 1.165) is 12.0 Å². The Labute approximate surface area is 157 Å². The molecule has 0 amide bonds. The van der Waals surface area contributed by atoms with E-state index in [1.165, 1.54) is 6.33 Å². The van der Waals surface area contributed by atoms with Crippen LogP contribution in [0.25, 0.3) is 0 Å². The number of halogens is 3. The normalized spacial score (nSPS) is 20.1. The number of aliphatic hydroxyl groups is 1. The van der Waals surface area contributed by atoms with Gasteiger partial charge in [0.15, 0.2) is 0 Å². The van der Waals surface area contributed by atoms with Gasteiger partial charge in [-0.15, -0.1) is 0 Å². The summed E-state index contributed by atoms with van der Waals surface area (Å²) in [4.78, 5) is 9.76. The highest BCUT2D eigenvalue weighted by Crippen LogP contribution is 2.25. The van der Waals surface area contributed by atoms with Crippen LogP contribution in [0.5, 0.6) is 0 Å². The second-order valence-electron chi connectivity index (χ2n) is 6.25. The molecule has 1 aliphatic rings. The Bertz CT molecular complexity index is 663. The van der Waals surface area contributed by atoms with Gasteiger partial charge in [0, 0.05) is 32.2 Å². The number of anilines is 2. The first-order valence-corrected chi connectivity index (χ1v) is 8.97. The van der Waals surface area contributed by atoms with Crippen molar-refractivity contribution in [2.24, 2.45) is 0 Å². The summed E-state index contributed by atoms with van der Waals surface area (Å²) in [5.74, 6) is 0.881. The van der Waals surface area contributed by atoms with Gasteiger partial charge in [0.25, 0.3) is 0 Å². The molecule has 1 fully saturated rings. The van der Waals surface area contributed by atoms with Crippen LogP contribution < -0.4 is 15.5 Å². The molecule has 9 heteroatoms. The van der Waals surface area contributed by atoms with Gasteiger partial charge in [0.1, 0.15) is 24.0 Å². The maximum absolute atomic E-state index is 12.9. The average Bonchev–Trinajstić information content (AvgIpc) is 2.66. The third kappa shape index (κ3) is 6.21. The zero-order valence-electron chi connectivity index (χ0n) is 15.5. The quantitative estimate of drug-likeness (QED) is 0.627. The second kappa shape index (κ2) is 9.70. The number of aliphatic hydroxyl groups excluding tert-OH is 1. The maximum Gasteiger partial charge on any atom is 0.405 e. The SMILES string of the molecule is C/C=C(\C=C/CC)C(O)CNc1cc(N2CCNC(C(F)(F)F)C2)ncn1. The molecule has 0 saturated carbocycles. The fourth-order valence-corrected chi connectivity index (χ4v) is 2.77. The van der Waals surface area contributed by atoms with Crippen molar-refractivity contribution in [3.8, 4) is 0 Å². The van der Waals surface area contributed by atoms with Crippen LogP contribution in [0, 0.1) is 0 Å². The van der Waals surface area contributed by atoms with Crippen LogP contribution >= 0.6 is 0 Å². The van der Waals surface area contributed by atoms with Crippen molar-refractivity contribution >= 4 is 11.6 Å². The average molecular weight is 385 g/mol. The molecule has 0 spiro atoms. The molecule has 0 radical (unpaired) electrons. The van der Waals surface area contributed by atoms with Gasteiger partial charge in [-0.3, -0.25) is 0 Å². The van der Waals surface area contributed by atoms with E-state index >= 15 is 0 Å². The highest BCUT2D eigenvalue weighted by molar-refractivity contribution is 5.49. The first-order valence-electron chi connectivity index (χ1n) is 8.97. The Hall–Kier alpha value is -2.13. The van der Waals surface area contributed by atoms with E-state index in [1.54, 1.807) is 11.0 Å². The van der Waals surface area contributed by atoms with Crippen LogP contribution in [0.1, 0.15) is 20.3 Å². The van der Waals surface area contributed by atoms with Gasteiger partial charge in [-0.2, -0.15) is 13.2 Å². The van der Waals surface area contributed by atoms with Crippen LogP contribution in [0.2, 0.25) is 0 Å². The monoisotopic (exact) mass is 385 g/mol. The number of piperazine rings is 1. The molecule has 2 atom stereocenters. The van der Waals surface area contributed by atoms with E-state index in [1.807, 2.05) is 32.1 Å². The number of allylic oxidation sites excluding steroid dienone is 2. The molecule has 0 aliphatic carbocycles. The van der Waals surface area contributed by atoms with E-state index in [9.17, 15) is 18.3 Å². The van der Waals surface area contributed by atoms with Crippen molar-refractivity contribution in [3.05, 3.63) is 36.2 Å². The smallest absolute Gasteiger partial charge is 0.387 e. The van der Waals surface area contributed by atoms with Crippen molar-refractivity contribution in [2.75, 3.05) is 36.4 Å². The Morgan fingerprint density at radius 1 is 1.48 bits per heavy atom. The summed E-state index contributed by atoms with van der Waals surface area (Å²) in [5.41, 5.74) is 0.786. The second-order valence-corrected chi connectivity index (χ2v) is 6.25. The molecule has 1 aromatic heterocycles. The minimum absolute atomic E-state index is 0.201. The Morgan fingerprint density at radius 3 is 2.93 bits per heavy atom. The fraction of sp³-hybridized carbons (Fsp3) is 0.556. The summed E-state index contributed by atoms with van der Waals surface area (Å²) in [6.07, 6.45) is 2.83. The summed E-state index contributed by atoms with van der Waals surface area (Å²) in [5, 5.41) is 15.8. The lowest BCUT2D eigenvalue weighted by molar-refractivity contribution is -0.155. The summed E-state index contributed by atoms with van der Waals surface area (Å²) < 4.78 is 38.8. The van der Waals surface area contributed by atoms with Crippen molar-refractivity contribution in [2.45, 2.75) is 38.6 Å². The molecule has 1 aliphatic heterocycles. The number of nitrogens with zero attached hydrogens (tertiary/aromatic N) is 3. The van der Waals surface area contributed by atoms with E-state index in [0.29, 0.717) is 18.2 Å². The van der Waals surface area contributed by atoms with Crippen molar-refractivity contribution < 1.29 is 18.3 Å². The number of alkyl halides is 3. The fourth-order valence-electron chi connectivity index (χ4n) is 2.77. The van der Waals surface area contributed by atoms with Crippen molar-refractivity contribution in [3.63, 3.8) is 0 Å². The molecular weight excluding hydrogens is 359 g/mol. The minimum atomic E-state index is -4.30. The molecule has 0 aromatic carbocycles. The molecule has 2 unspecified atom stereocenters. The van der Waals surface area contributed by atoms with Crippen LogP contribution in [0.15, 0.2) is 36.2 Å². The highest BCUT2D eigenvalue weighted by Gasteiger charge is 2.42. The topological polar surface area (TPSA) is 73.3 Å². The zero-order valence-corrected chi connectivity index (χ0v) is 15.5. The molecule has 2 heterocycles. The standard InChI is InChI=1S/C18H26F3N5O/c1-3-5-6-13(4-2)14(27)10-23-16-9-17(25-12-24-16)26-8-7-22-15(11-26)18(19,20)21/h4-6,9,12,14-15,22,27H,3,7-8,10-11H2,1-2H3,(H,23,24,25)/b6-5-,13-4+. The zero-order chi connectivity index (χ0) is 19.9. The number of aromatic nitrogens is 2. The van der Waals surface area contributed by atoms with Crippen molar-refractivity contribution in [1.29, 1.82) is 0 Å². The largest absolute Gasteiger partial charge is 0.405 e. The minimum Gasteiger partial charge on any atom is -0.387 e. The third-order valence-electron chi connectivity index (χ3n) is 4.29. The first kappa shape index (κ1) is 21.2. The number of rotatable bonds is 7. The first-order chi connectivity index (χ1) is 12.8. The number of hydrogen-bond donors (Lipinski definition) is 3. The summed E-state index contributed by atoms with van der Waals surface area (Å²) >= 11 is 0. The Balaban J connectivity index is 2.00. The maximum atomic E-state index is 12.9. The molecule has 3 N–H and O–H groups in total. The van der Waals surface area contributed by atoms with E-state index in [4.69, 9.17) is 0 Å². The Kier molecular flexibility index (Phi) is 7.61. The van der Waals surface area contributed by atoms with Gasteiger partial charge >= 0.3 is 6.18 Å². The summed E-state index contributed by atoms with van der Waals surface area (Å²) in [6.45, 7) is 4.55. The number of hydrogen-bond acceptors (Lipinski definition) is 6. The molecule has 150 valence electrons. The lowest BCUT2D eigenvalue weighted by atomic mass is 10.1. The van der Waals surface area contributed by atoms with Gasteiger partial charge in [0.05, 0.1) is 6.10 Å². The van der Waals surface area contributed by atoms with Crippen LogP contribution in [-0.4, -0.2) is 59.6 Å². The van der Waals surface area contributed by atoms with E-state index in [2.05, 4.69) is 20.6 Å². The molecule has 1 aromatic rings. The predicted octanol–water partition coefficient (Wildman–Crippen LogP) is 2.50. The molecule has 2 rings (SSSR count). The van der Waals surface area contributed by atoms with Gasteiger partial charge < -0.3 is 20.6 Å². The highest BCUT2D eigenvalue weighted by atomic mass is 19.4. The Morgan fingerprint density at radius 2 is 2.26 bits per heavy atom. The lowest BCUT2D eigenvalue weighted by Gasteiger charge is -2.35. The van der Waals surface area contributed by atoms with Gasteiger partial charge in [-0.05, 0) is 18.9 Å². The summed E-state index contributed by atoms with van der Waals surface area (Å²) in [7, 11) is 0. The van der Waals surface area contributed by atoms with Gasteiger partial charge in [0.2, 0.25) is 0 Å². The van der Waals surface area contributed by atoms with Crippen LogP contribution in [0.4, 0.5) is 24.8 Å². The van der Waals surface area contributed by atoms with Gasteiger partial charge in [-0.25, -0.2) is 9.97 Å². The molecular formula is C18H26F3N5O. The molecule has 1 saturated heterocycles. The molecule has 6 nitrogen and oxygen atoms in total. The van der Waals surface area contributed by atoms with E-state index < -0.39 is 18.3 Å². The third-order valence-corrected chi connectivity index (χ3v) is 4.29. The number of nitrogens with one attached hydrogen (secondary N) is 2. The van der Waals surface area contributed by atoms with Crippen LogP contribution in [0.3, 0.4) is 0 Å². The predicted molar refractivity (Wildman–Crippen MR) is 99.8 cm³/mol.